The third-order valence-corrected chi connectivity index (χ3v) is 12.1. The van der Waals surface area contributed by atoms with Gasteiger partial charge in [0.25, 0.3) is 0 Å². The summed E-state index contributed by atoms with van der Waals surface area (Å²) in [6.45, 7) is 27.4. The highest BCUT2D eigenvalue weighted by atomic mass is 33.1. The minimum absolute atomic E-state index is 0. The van der Waals surface area contributed by atoms with E-state index >= 15 is 0 Å². The highest BCUT2D eigenvalue weighted by Gasteiger charge is 1.82. The lowest BCUT2D eigenvalue weighted by atomic mass is 10.4. The predicted octanol–water partition coefficient (Wildman–Crippen LogP) is 6.27. The van der Waals surface area contributed by atoms with Crippen LogP contribution in [0.2, 0.25) is 0 Å². The molecule has 356 valence electrons. The van der Waals surface area contributed by atoms with E-state index in [4.69, 9.17) is 24.5 Å². The van der Waals surface area contributed by atoms with Crippen molar-refractivity contribution in [1.29, 1.82) is 0 Å². The van der Waals surface area contributed by atoms with E-state index in [1.165, 1.54) is 18.8 Å². The first-order valence-corrected chi connectivity index (χ1v) is 31.4. The van der Waals surface area contributed by atoms with Gasteiger partial charge in [0.1, 0.15) is 5.78 Å². The summed E-state index contributed by atoms with van der Waals surface area (Å²) in [4.78, 5) is 69.7. The molecule has 2 N–H and O–H groups in total. The first kappa shape index (κ1) is 89.2. The third kappa shape index (κ3) is 236. The van der Waals surface area contributed by atoms with Gasteiger partial charge in [-0.1, -0.05) is 135 Å². The van der Waals surface area contributed by atoms with Crippen LogP contribution in [0.3, 0.4) is 0 Å². The molecule has 0 heterocycles. The molecule has 2 unspecified atom stereocenters. The summed E-state index contributed by atoms with van der Waals surface area (Å²) in [7, 11) is -3.15. The van der Waals surface area contributed by atoms with Gasteiger partial charge in [-0.05, 0) is 39.0 Å². The smallest absolute Gasteiger partial charge is 0.209 e. The van der Waals surface area contributed by atoms with E-state index in [1.54, 1.807) is 39.8 Å². The second-order valence-electron chi connectivity index (χ2n) is 9.69. The lowest BCUT2D eigenvalue weighted by Crippen LogP contribution is -2.19. The number of carbonyl (C=O) groups excluding carboxylic acids is 3. The van der Waals surface area contributed by atoms with Crippen LogP contribution in [0.1, 0.15) is 143 Å². The molecule has 0 saturated heterocycles. The van der Waals surface area contributed by atoms with Crippen molar-refractivity contribution in [2.45, 2.75) is 143 Å². The molecule has 0 fully saturated rings. The number of carbonyl (C=O) groups is 3. The van der Waals surface area contributed by atoms with E-state index in [1.807, 2.05) is 48.5 Å². The third-order valence-electron chi connectivity index (χ3n) is 3.96. The summed E-state index contributed by atoms with van der Waals surface area (Å²) in [5, 5.41) is 26.5. The predicted molar refractivity (Wildman–Crippen MR) is 278 cm³/mol. The van der Waals surface area contributed by atoms with E-state index in [0.29, 0.717) is 34.4 Å². The van der Waals surface area contributed by atoms with Crippen molar-refractivity contribution in [2.75, 3.05) is 31.3 Å². The van der Waals surface area contributed by atoms with E-state index < -0.39 is 37.1 Å². The zero-order chi connectivity index (χ0) is 48.4. The van der Waals surface area contributed by atoms with Crippen LogP contribution < -0.4 is 35.6 Å². The van der Waals surface area contributed by atoms with E-state index in [-0.39, 0.29) is 32.2 Å². The molecule has 0 bridgehead atoms. The molecular formula is C34H77N2O10P4S7-11. The molecule has 0 aromatic carbocycles. The maximum absolute atomic E-state index is 10.4. The van der Waals surface area contributed by atoms with Crippen LogP contribution in [-0.2, 0) is 75.6 Å². The molecule has 0 rings (SSSR count). The molecule has 2 atom stereocenters. The average Bonchev–Trinajstić information content (AvgIpc) is 3.12. The number of rotatable bonds is 9. The number of amides is 1. The van der Waals surface area contributed by atoms with Gasteiger partial charge in [-0.15, -0.1) is 37.0 Å². The van der Waals surface area contributed by atoms with Gasteiger partial charge >= 0.3 is 0 Å². The largest absolute Gasteiger partial charge is 0.846 e. The molecule has 0 aliphatic rings. The monoisotopic (exact) mass is 1020 g/mol. The summed E-state index contributed by atoms with van der Waals surface area (Å²) >= 11 is 32.0. The normalized spacial score (nSPS) is 10.7. The molecule has 0 aliphatic carbocycles. The van der Waals surface area contributed by atoms with Crippen LogP contribution in [0.5, 0.6) is 0 Å². The first-order chi connectivity index (χ1) is 25.1. The molecule has 1 amide bonds. The summed E-state index contributed by atoms with van der Waals surface area (Å²) in [5.74, 6) is -1.20. The van der Waals surface area contributed by atoms with Gasteiger partial charge in [-0.3, -0.25) is 12.1 Å². The SMILES string of the molecule is C.C=P([O-])([O-])CC.C=P([O-])([S-])CC.C=P([S-])([S-])CC.CC.CCC.CCC(=O)N[O-].CCC(=O)[O-].CCC(=S)N[O-].CCC(=S)[S-].CCC(C)=O.CCP(C)([O-])=S. The average molecular weight is 1020 g/mol. The topological polar surface area (TPSA) is 237 Å². The molecular weight excluding hydrogens is 945 g/mol. The number of nitrogens with one attached hydrogen (secondary N) is 2. The number of Topliss-reactive ketones (excluding diaryl/α,β-unsaturated/α-hetero) is 1. The summed E-state index contributed by atoms with van der Waals surface area (Å²) < 4.78 is 0.671. The number of hydroxylamine groups is 2. The number of carboxylic acid groups (broad SMARTS) is 1. The number of hydrogen-bond acceptors (Lipinski definition) is 17. The zero-order valence-corrected chi connectivity index (χ0v) is 45.7. The Labute approximate surface area is 388 Å². The fourth-order valence-electron chi connectivity index (χ4n) is 0.144. The van der Waals surface area contributed by atoms with Crippen LogP contribution in [0.4, 0.5) is 0 Å². The van der Waals surface area contributed by atoms with Gasteiger partial charge in [-0.2, -0.15) is 4.20 Å². The highest BCUT2D eigenvalue weighted by Crippen LogP contribution is 2.37. The van der Waals surface area contributed by atoms with Crippen molar-refractivity contribution in [1.82, 2.24) is 11.0 Å². The second-order valence-corrected chi connectivity index (χ2v) is 30.1. The molecule has 0 spiro atoms. The summed E-state index contributed by atoms with van der Waals surface area (Å²) in [5.41, 5.74) is 2.82. The number of hydrogen-bond donors (Lipinski definition) is 2. The Balaban J connectivity index is -0.0000000393. The number of carboxylic acids is 1. The van der Waals surface area contributed by atoms with Crippen LogP contribution >= 0.6 is 49.6 Å². The highest BCUT2D eigenvalue weighted by molar-refractivity contribution is 8.71. The number of aliphatic carboxylic acids is 1. The Hall–Kier alpha value is 1.17. The van der Waals surface area contributed by atoms with Gasteiger partial charge in [0.05, 0.1) is 4.99 Å². The molecule has 12 nitrogen and oxygen atoms in total. The molecule has 0 saturated carbocycles. The molecule has 0 radical (unpaired) electrons. The van der Waals surface area contributed by atoms with E-state index in [0.717, 1.165) is 12.6 Å². The first-order valence-electron chi connectivity index (χ1n) is 17.5. The second kappa shape index (κ2) is 66.3. The molecule has 23 heteroatoms. The van der Waals surface area contributed by atoms with Crippen LogP contribution in [0.15, 0.2) is 0 Å². The van der Waals surface area contributed by atoms with Crippen LogP contribution in [0, 0.1) is 10.4 Å². The van der Waals surface area contributed by atoms with Gasteiger partial charge in [-0.25, -0.2) is 0 Å². The van der Waals surface area contributed by atoms with Gasteiger partial charge < -0.3 is 129 Å². The molecule has 0 aromatic heterocycles. The van der Waals surface area contributed by atoms with E-state index in [9.17, 15) is 49.5 Å². The summed E-state index contributed by atoms with van der Waals surface area (Å²) in [6.07, 6.45) is 11.4. The minimum atomic E-state index is -3.15. The molecule has 57 heavy (non-hydrogen) atoms. The van der Waals surface area contributed by atoms with Crippen molar-refractivity contribution in [2.24, 2.45) is 0 Å². The number of thiocarbonyl (C=S) groups is 2. The standard InChI is InChI=1S/C4H8O.C3H6NO2.C3H6NOS.C3H7O2P.C3H6O2.C3H9OPS.C3H7OPS.C3H7PS2.C3H6S2.C3H8.C2H6.CH4/c1-3-4(2)5;1-2-3(5)4-6;1-2-3(6)4-5;1-3-6(2,4)5;1-2-3(4)5;2*1-3-5(2,4)6;1-3-4(2,5)6;1-2-3(4)5;1-3-2;1-2;/h3H2,1-2H3;2*2H2,1H3,(H-,4,5,6);2-3H2,1H3;2H2,1H3,(H,4,5);3H2,1-2H3,(H,4,6);2*2-3H2,1H3;2H2,1H3,(H,4,5);3H2,1-2H3;1-2H3;1H4/q;2*-1;-2;;;2*-2;;;;/p-3. The Morgan fingerprint density at radius 2 is 0.877 bits per heavy atom. The zero-order valence-electron chi connectivity index (χ0n) is 36.4. The molecule has 0 aliphatic heterocycles. The maximum atomic E-state index is 10.4. The quantitative estimate of drug-likeness (QED) is 0.112. The van der Waals surface area contributed by atoms with Crippen molar-refractivity contribution >= 4 is 157 Å². The van der Waals surface area contributed by atoms with Crippen molar-refractivity contribution in [3.63, 3.8) is 0 Å². The Morgan fingerprint density at radius 1 is 0.649 bits per heavy atom. The maximum Gasteiger partial charge on any atom is 0.209 e. The fourth-order valence-corrected chi connectivity index (χ4v) is 0.144. The lowest BCUT2D eigenvalue weighted by molar-refractivity contribution is -0.305. The van der Waals surface area contributed by atoms with E-state index in [2.05, 4.69) is 93.9 Å². The molecule has 0 aromatic rings. The van der Waals surface area contributed by atoms with Gasteiger partial charge in [0.2, 0.25) is 5.91 Å². The van der Waals surface area contributed by atoms with Crippen molar-refractivity contribution in [3.05, 3.63) is 10.4 Å². The number of ketones is 1. The van der Waals surface area contributed by atoms with Gasteiger partial charge in [0.15, 0.2) is 0 Å². The van der Waals surface area contributed by atoms with Crippen molar-refractivity contribution < 1.29 is 39.1 Å². The Kier molecular flexibility index (Phi) is 104. The minimum Gasteiger partial charge on any atom is -0.846 e. The van der Waals surface area contributed by atoms with Gasteiger partial charge in [0, 0.05) is 18.8 Å². The van der Waals surface area contributed by atoms with Crippen molar-refractivity contribution in [3.8, 4) is 0 Å². The Bertz CT molecular complexity index is 922. The fraction of sp³-hybridized carbons (Fsp3) is 0.765. The Morgan fingerprint density at radius 3 is 0.877 bits per heavy atom. The lowest BCUT2D eigenvalue weighted by Gasteiger charge is -2.38. The van der Waals surface area contributed by atoms with Crippen LogP contribution in [0.25, 0.3) is 0 Å². The van der Waals surface area contributed by atoms with Crippen LogP contribution in [-0.4, -0.2) is 77.1 Å². The summed E-state index contributed by atoms with van der Waals surface area (Å²) in [6, 6.07) is 0.